The third kappa shape index (κ3) is 1.70. The van der Waals surface area contributed by atoms with Gasteiger partial charge in [-0.25, -0.2) is 4.79 Å². The SMILES string of the molecule is Cn1cccc1C(=O)ON1C(=O)c2ccccc2C1=O. The average Bonchev–Trinajstić information content (AvgIpc) is 2.97. The van der Waals surface area contributed by atoms with Crippen LogP contribution in [0.3, 0.4) is 0 Å². The minimum atomic E-state index is -0.757. The van der Waals surface area contributed by atoms with Crippen LogP contribution in [-0.2, 0) is 11.9 Å². The van der Waals surface area contributed by atoms with Crippen molar-refractivity contribution in [2.75, 3.05) is 0 Å². The van der Waals surface area contributed by atoms with E-state index >= 15 is 0 Å². The third-order valence-corrected chi connectivity index (χ3v) is 3.08. The summed E-state index contributed by atoms with van der Waals surface area (Å²) in [5.41, 5.74) is 0.718. The van der Waals surface area contributed by atoms with Crippen LogP contribution in [0.4, 0.5) is 0 Å². The number of hydroxylamine groups is 2. The first kappa shape index (κ1) is 12.2. The first-order valence-electron chi connectivity index (χ1n) is 5.91. The molecule has 0 radical (unpaired) electrons. The van der Waals surface area contributed by atoms with Gasteiger partial charge in [0.15, 0.2) is 0 Å². The number of carbonyl (C=O) groups is 3. The van der Waals surface area contributed by atoms with E-state index in [1.54, 1.807) is 42.1 Å². The van der Waals surface area contributed by atoms with Crippen molar-refractivity contribution in [3.63, 3.8) is 0 Å². The minimum absolute atomic E-state index is 0.234. The number of carbonyl (C=O) groups excluding carboxylic acids is 3. The van der Waals surface area contributed by atoms with Gasteiger partial charge in [0.25, 0.3) is 11.8 Å². The Balaban J connectivity index is 1.87. The second-order valence-electron chi connectivity index (χ2n) is 4.33. The molecule has 1 aliphatic rings. The Morgan fingerprint density at radius 1 is 1.00 bits per heavy atom. The molecule has 20 heavy (non-hydrogen) atoms. The predicted molar refractivity (Wildman–Crippen MR) is 67.8 cm³/mol. The number of nitrogens with zero attached hydrogens (tertiary/aromatic N) is 2. The van der Waals surface area contributed by atoms with Gasteiger partial charge in [-0.2, -0.15) is 0 Å². The number of imide groups is 1. The first-order valence-corrected chi connectivity index (χ1v) is 5.91. The van der Waals surface area contributed by atoms with Crippen LogP contribution in [0.15, 0.2) is 42.6 Å². The molecule has 6 nitrogen and oxygen atoms in total. The van der Waals surface area contributed by atoms with E-state index < -0.39 is 17.8 Å². The molecule has 0 bridgehead atoms. The maximum Gasteiger partial charge on any atom is 0.380 e. The highest BCUT2D eigenvalue weighted by Crippen LogP contribution is 2.23. The fraction of sp³-hybridized carbons (Fsp3) is 0.0714. The van der Waals surface area contributed by atoms with Crippen LogP contribution in [-0.4, -0.2) is 27.4 Å². The number of fused-ring (bicyclic) bond motifs is 1. The molecule has 3 rings (SSSR count). The maximum absolute atomic E-state index is 12.0. The predicted octanol–water partition coefficient (Wildman–Crippen LogP) is 1.39. The Hall–Kier alpha value is -2.89. The summed E-state index contributed by atoms with van der Waals surface area (Å²) in [7, 11) is 1.67. The van der Waals surface area contributed by atoms with Crippen molar-refractivity contribution in [2.45, 2.75) is 0 Å². The van der Waals surface area contributed by atoms with E-state index in [0.717, 1.165) is 0 Å². The zero-order chi connectivity index (χ0) is 14.3. The van der Waals surface area contributed by atoms with Crippen molar-refractivity contribution in [1.82, 2.24) is 9.63 Å². The van der Waals surface area contributed by atoms with Gasteiger partial charge in [0, 0.05) is 13.2 Å². The van der Waals surface area contributed by atoms with Crippen molar-refractivity contribution < 1.29 is 19.2 Å². The lowest BCUT2D eigenvalue weighted by Gasteiger charge is -2.12. The lowest BCUT2D eigenvalue weighted by atomic mass is 10.1. The fourth-order valence-corrected chi connectivity index (χ4v) is 2.05. The van der Waals surface area contributed by atoms with E-state index in [1.807, 2.05) is 0 Å². The van der Waals surface area contributed by atoms with Gasteiger partial charge < -0.3 is 9.40 Å². The molecule has 0 fully saturated rings. The van der Waals surface area contributed by atoms with Crippen molar-refractivity contribution in [1.29, 1.82) is 0 Å². The number of amides is 2. The molecule has 0 atom stereocenters. The summed E-state index contributed by atoms with van der Waals surface area (Å²) >= 11 is 0. The van der Waals surface area contributed by atoms with Crippen molar-refractivity contribution >= 4 is 17.8 Å². The fourth-order valence-electron chi connectivity index (χ4n) is 2.05. The molecule has 1 aromatic heterocycles. The second kappa shape index (κ2) is 4.34. The smallest absolute Gasteiger partial charge is 0.345 e. The molecule has 0 spiro atoms. The summed E-state index contributed by atoms with van der Waals surface area (Å²) < 4.78 is 1.54. The summed E-state index contributed by atoms with van der Waals surface area (Å²) in [5, 5.41) is 0.500. The molecule has 0 unspecified atom stereocenters. The molecule has 0 saturated heterocycles. The summed E-state index contributed by atoms with van der Waals surface area (Å²) in [6, 6.07) is 9.54. The van der Waals surface area contributed by atoms with E-state index in [0.29, 0.717) is 5.06 Å². The van der Waals surface area contributed by atoms with Crippen LogP contribution in [0.25, 0.3) is 0 Å². The number of hydrogen-bond acceptors (Lipinski definition) is 4. The summed E-state index contributed by atoms with van der Waals surface area (Å²) in [6.07, 6.45) is 1.67. The summed E-state index contributed by atoms with van der Waals surface area (Å²) in [4.78, 5) is 40.9. The Morgan fingerprint density at radius 2 is 1.60 bits per heavy atom. The molecule has 0 N–H and O–H groups in total. The van der Waals surface area contributed by atoms with Gasteiger partial charge in [0.2, 0.25) is 0 Å². The Morgan fingerprint density at radius 3 is 2.10 bits per heavy atom. The number of aromatic nitrogens is 1. The van der Waals surface area contributed by atoms with E-state index in [-0.39, 0.29) is 16.8 Å². The first-order chi connectivity index (χ1) is 9.59. The molecule has 100 valence electrons. The lowest BCUT2D eigenvalue weighted by Crippen LogP contribution is -2.33. The van der Waals surface area contributed by atoms with Crippen LogP contribution in [0.1, 0.15) is 31.2 Å². The van der Waals surface area contributed by atoms with E-state index in [2.05, 4.69) is 0 Å². The van der Waals surface area contributed by atoms with Gasteiger partial charge >= 0.3 is 5.97 Å². The molecule has 0 saturated carbocycles. The second-order valence-corrected chi connectivity index (χ2v) is 4.33. The van der Waals surface area contributed by atoms with Crippen molar-refractivity contribution in [3.05, 3.63) is 59.4 Å². The summed E-state index contributed by atoms with van der Waals surface area (Å²) in [5.74, 6) is -2.02. The molecule has 0 aliphatic carbocycles. The van der Waals surface area contributed by atoms with Gasteiger partial charge in [0.1, 0.15) is 5.69 Å². The molecule has 6 heteroatoms. The van der Waals surface area contributed by atoms with Crippen LogP contribution in [0, 0.1) is 0 Å². The maximum atomic E-state index is 12.0. The van der Waals surface area contributed by atoms with Gasteiger partial charge in [-0.1, -0.05) is 17.2 Å². The molecule has 1 aromatic carbocycles. The standard InChI is InChI=1S/C14H10N2O4/c1-15-8-4-7-11(15)14(19)20-16-12(17)9-5-2-3-6-10(9)13(16)18/h2-8H,1H3. The molecular weight excluding hydrogens is 260 g/mol. The highest BCUT2D eigenvalue weighted by atomic mass is 16.7. The lowest BCUT2D eigenvalue weighted by molar-refractivity contribution is -0.0590. The molecule has 2 amide bonds. The Labute approximate surface area is 114 Å². The Bertz CT molecular complexity index is 697. The minimum Gasteiger partial charge on any atom is -0.345 e. The largest absolute Gasteiger partial charge is 0.380 e. The van der Waals surface area contributed by atoms with E-state index in [1.165, 1.54) is 12.1 Å². The van der Waals surface area contributed by atoms with Crippen molar-refractivity contribution in [2.24, 2.45) is 7.05 Å². The zero-order valence-electron chi connectivity index (χ0n) is 10.6. The average molecular weight is 270 g/mol. The third-order valence-electron chi connectivity index (χ3n) is 3.08. The van der Waals surface area contributed by atoms with Crippen LogP contribution in [0.5, 0.6) is 0 Å². The number of hydrogen-bond donors (Lipinski definition) is 0. The molecule has 1 aliphatic heterocycles. The van der Waals surface area contributed by atoms with Gasteiger partial charge in [-0.15, -0.1) is 0 Å². The van der Waals surface area contributed by atoms with Crippen molar-refractivity contribution in [3.8, 4) is 0 Å². The quantitative estimate of drug-likeness (QED) is 0.773. The van der Waals surface area contributed by atoms with Gasteiger partial charge in [-0.3, -0.25) is 9.59 Å². The highest BCUT2D eigenvalue weighted by molar-refractivity contribution is 6.21. The van der Waals surface area contributed by atoms with Crippen LogP contribution in [0.2, 0.25) is 0 Å². The van der Waals surface area contributed by atoms with Gasteiger partial charge in [0.05, 0.1) is 11.1 Å². The normalized spacial score (nSPS) is 13.6. The summed E-state index contributed by atoms with van der Waals surface area (Å²) in [6.45, 7) is 0. The molecule has 2 heterocycles. The zero-order valence-corrected chi connectivity index (χ0v) is 10.6. The number of benzene rings is 1. The number of aryl methyl sites for hydroxylation is 1. The van der Waals surface area contributed by atoms with Gasteiger partial charge in [-0.05, 0) is 24.3 Å². The van der Waals surface area contributed by atoms with E-state index in [9.17, 15) is 14.4 Å². The Kier molecular flexibility index (Phi) is 2.64. The number of rotatable bonds is 2. The molecular formula is C14H10N2O4. The van der Waals surface area contributed by atoms with Crippen LogP contribution >= 0.6 is 0 Å². The van der Waals surface area contributed by atoms with Crippen LogP contribution < -0.4 is 0 Å². The van der Waals surface area contributed by atoms with E-state index in [4.69, 9.17) is 4.84 Å². The highest BCUT2D eigenvalue weighted by Gasteiger charge is 2.38. The topological polar surface area (TPSA) is 68.6 Å². The monoisotopic (exact) mass is 270 g/mol. The molecule has 2 aromatic rings.